The number of halogens is 1. The van der Waals surface area contributed by atoms with Crippen molar-refractivity contribution in [3.63, 3.8) is 0 Å². The predicted octanol–water partition coefficient (Wildman–Crippen LogP) is 4.02. The number of rotatable bonds is 6. The fourth-order valence-corrected chi connectivity index (χ4v) is 4.68. The van der Waals surface area contributed by atoms with Crippen LogP contribution in [0.5, 0.6) is 0 Å². The summed E-state index contributed by atoms with van der Waals surface area (Å²) in [6.07, 6.45) is 6.92. The number of hydrogen-bond donors (Lipinski definition) is 2. The molecular weight excluding hydrogens is 511 g/mol. The van der Waals surface area contributed by atoms with Crippen molar-refractivity contribution in [3.05, 3.63) is 59.8 Å². The number of aliphatic imine (C=N–C) groups is 1. The largest absolute Gasteiger partial charge is 0.357 e. The lowest BCUT2D eigenvalue weighted by atomic mass is 10.1. The second kappa shape index (κ2) is 12.4. The first kappa shape index (κ1) is 24.8. The zero-order valence-corrected chi connectivity index (χ0v) is 21.7. The number of hydrogen-bond acceptors (Lipinski definition) is 4. The summed E-state index contributed by atoms with van der Waals surface area (Å²) in [7, 11) is 1.85. The zero-order chi connectivity index (χ0) is 21.5. The fourth-order valence-electron chi connectivity index (χ4n) is 4.68. The van der Waals surface area contributed by atoms with Gasteiger partial charge in [0.1, 0.15) is 5.82 Å². The number of benzene rings is 1. The number of piperidine rings is 1. The van der Waals surface area contributed by atoms with Crippen molar-refractivity contribution in [2.75, 3.05) is 31.6 Å². The highest BCUT2D eigenvalue weighted by atomic mass is 127. The van der Waals surface area contributed by atoms with Crippen LogP contribution in [0.2, 0.25) is 0 Å². The highest BCUT2D eigenvalue weighted by Crippen LogP contribution is 2.21. The molecular formula is C25H37IN6. The van der Waals surface area contributed by atoms with Crippen LogP contribution in [0, 0.1) is 0 Å². The number of nitrogens with one attached hydrogen (secondary N) is 2. The average Bonchev–Trinajstić information content (AvgIpc) is 3.16. The Balaban J connectivity index is 0.00000289. The Morgan fingerprint density at radius 2 is 1.88 bits per heavy atom. The van der Waals surface area contributed by atoms with Gasteiger partial charge in [-0.2, -0.15) is 0 Å². The summed E-state index contributed by atoms with van der Waals surface area (Å²) in [6, 6.07) is 16.0. The standard InChI is InChI=1S/C25H36N6.HI/c1-20-15-23(19-31(20)18-21-9-5-3-6-10-21)29-25(26-2)28-17-22-11-12-27-24(16-22)30-13-7-4-8-14-30;/h3,5-6,9-12,16,20,23H,4,7-8,13-15,17-19H2,1-2H3,(H2,26,28,29);1H. The third-order valence-electron chi connectivity index (χ3n) is 6.45. The molecule has 2 N–H and O–H groups in total. The molecule has 2 aliphatic heterocycles. The molecule has 0 amide bonds. The van der Waals surface area contributed by atoms with E-state index in [0.29, 0.717) is 12.1 Å². The van der Waals surface area contributed by atoms with Crippen molar-refractivity contribution < 1.29 is 0 Å². The van der Waals surface area contributed by atoms with Crippen molar-refractivity contribution in [2.45, 2.75) is 57.8 Å². The van der Waals surface area contributed by atoms with Crippen molar-refractivity contribution in [3.8, 4) is 0 Å². The molecule has 1 aromatic heterocycles. The number of aromatic nitrogens is 1. The van der Waals surface area contributed by atoms with E-state index in [2.05, 4.69) is 79.8 Å². The van der Waals surface area contributed by atoms with Crippen LogP contribution in [0.4, 0.5) is 5.82 Å². The van der Waals surface area contributed by atoms with Crippen LogP contribution in [-0.2, 0) is 13.1 Å². The van der Waals surface area contributed by atoms with Crippen molar-refractivity contribution in [1.29, 1.82) is 0 Å². The van der Waals surface area contributed by atoms with Crippen LogP contribution in [-0.4, -0.2) is 54.6 Å². The second-order valence-electron chi connectivity index (χ2n) is 8.84. The molecule has 174 valence electrons. The van der Waals surface area contributed by atoms with Gasteiger partial charge in [-0.05, 0) is 55.9 Å². The van der Waals surface area contributed by atoms with Crippen LogP contribution in [0.1, 0.15) is 43.7 Å². The van der Waals surface area contributed by atoms with Crippen molar-refractivity contribution in [1.82, 2.24) is 20.5 Å². The van der Waals surface area contributed by atoms with Gasteiger partial charge in [0, 0.05) is 58.1 Å². The molecule has 2 saturated heterocycles. The van der Waals surface area contributed by atoms with E-state index in [1.54, 1.807) is 0 Å². The molecule has 0 bridgehead atoms. The Bertz CT molecular complexity index is 853. The summed E-state index contributed by atoms with van der Waals surface area (Å²) < 4.78 is 0. The van der Waals surface area contributed by atoms with Gasteiger partial charge >= 0.3 is 0 Å². The number of likely N-dealkylation sites (tertiary alicyclic amines) is 1. The molecule has 4 rings (SSSR count). The lowest BCUT2D eigenvalue weighted by Gasteiger charge is -2.28. The maximum atomic E-state index is 4.59. The lowest BCUT2D eigenvalue weighted by Crippen LogP contribution is -2.44. The van der Waals surface area contributed by atoms with Gasteiger partial charge < -0.3 is 15.5 Å². The third-order valence-corrected chi connectivity index (χ3v) is 6.45. The SMILES string of the molecule is CN=C(NCc1ccnc(N2CCCCC2)c1)NC1CC(C)N(Cc2ccccc2)C1.I. The van der Waals surface area contributed by atoms with Crippen molar-refractivity contribution >= 4 is 35.8 Å². The molecule has 6 nitrogen and oxygen atoms in total. The van der Waals surface area contributed by atoms with Crippen LogP contribution >= 0.6 is 24.0 Å². The Hall–Kier alpha value is -1.87. The van der Waals surface area contributed by atoms with Gasteiger partial charge in [-0.15, -0.1) is 24.0 Å². The van der Waals surface area contributed by atoms with Gasteiger partial charge in [0.05, 0.1) is 0 Å². The molecule has 2 atom stereocenters. The molecule has 0 spiro atoms. The van der Waals surface area contributed by atoms with E-state index >= 15 is 0 Å². The minimum absolute atomic E-state index is 0. The fraction of sp³-hybridized carbons (Fsp3) is 0.520. The van der Waals surface area contributed by atoms with E-state index in [-0.39, 0.29) is 24.0 Å². The summed E-state index contributed by atoms with van der Waals surface area (Å²) >= 11 is 0. The second-order valence-corrected chi connectivity index (χ2v) is 8.84. The molecule has 2 aromatic rings. The summed E-state index contributed by atoms with van der Waals surface area (Å²) in [4.78, 5) is 14.0. The van der Waals surface area contributed by atoms with Crippen molar-refractivity contribution in [2.24, 2.45) is 4.99 Å². The van der Waals surface area contributed by atoms with Crippen LogP contribution < -0.4 is 15.5 Å². The topological polar surface area (TPSA) is 55.8 Å². The average molecular weight is 549 g/mol. The quantitative estimate of drug-likeness (QED) is 0.325. The molecule has 3 heterocycles. The summed E-state index contributed by atoms with van der Waals surface area (Å²) in [5, 5.41) is 7.13. The minimum atomic E-state index is 0. The monoisotopic (exact) mass is 548 g/mol. The van der Waals surface area contributed by atoms with E-state index in [4.69, 9.17) is 0 Å². The molecule has 0 radical (unpaired) electrons. The molecule has 2 aliphatic rings. The third kappa shape index (κ3) is 6.81. The first-order chi connectivity index (χ1) is 15.2. The Morgan fingerprint density at radius 3 is 2.62 bits per heavy atom. The van der Waals surface area contributed by atoms with E-state index in [9.17, 15) is 0 Å². The maximum absolute atomic E-state index is 4.59. The summed E-state index contributed by atoms with van der Waals surface area (Å²) in [5.74, 6) is 1.97. The molecule has 0 aliphatic carbocycles. The molecule has 32 heavy (non-hydrogen) atoms. The van der Waals surface area contributed by atoms with Crippen LogP contribution in [0.15, 0.2) is 53.7 Å². The molecule has 7 heteroatoms. The van der Waals surface area contributed by atoms with Crippen LogP contribution in [0.25, 0.3) is 0 Å². The number of nitrogens with zero attached hydrogens (tertiary/aromatic N) is 4. The summed E-state index contributed by atoms with van der Waals surface area (Å²) in [5.41, 5.74) is 2.61. The number of guanidine groups is 1. The first-order valence-corrected chi connectivity index (χ1v) is 11.7. The molecule has 2 unspecified atom stereocenters. The maximum Gasteiger partial charge on any atom is 0.191 e. The molecule has 1 aromatic carbocycles. The summed E-state index contributed by atoms with van der Waals surface area (Å²) in [6.45, 7) is 7.34. The highest BCUT2D eigenvalue weighted by molar-refractivity contribution is 14.0. The Labute approximate surface area is 209 Å². The lowest BCUT2D eigenvalue weighted by molar-refractivity contribution is 0.258. The first-order valence-electron chi connectivity index (χ1n) is 11.7. The van der Waals surface area contributed by atoms with Gasteiger partial charge in [-0.3, -0.25) is 9.89 Å². The van der Waals surface area contributed by atoms with Gasteiger partial charge in [0.25, 0.3) is 0 Å². The van der Waals surface area contributed by atoms with E-state index in [1.165, 1.54) is 30.4 Å². The van der Waals surface area contributed by atoms with E-state index in [0.717, 1.165) is 50.9 Å². The number of anilines is 1. The number of pyridine rings is 1. The van der Waals surface area contributed by atoms with E-state index in [1.807, 2.05) is 13.2 Å². The van der Waals surface area contributed by atoms with Gasteiger partial charge in [-0.25, -0.2) is 4.98 Å². The molecule has 2 fully saturated rings. The van der Waals surface area contributed by atoms with Gasteiger partial charge in [0.15, 0.2) is 5.96 Å². The normalized spacial score (nSPS) is 21.8. The van der Waals surface area contributed by atoms with Gasteiger partial charge in [0.2, 0.25) is 0 Å². The van der Waals surface area contributed by atoms with Gasteiger partial charge in [-0.1, -0.05) is 30.3 Å². The minimum Gasteiger partial charge on any atom is -0.357 e. The Kier molecular flexibility index (Phi) is 9.59. The zero-order valence-electron chi connectivity index (χ0n) is 19.3. The van der Waals surface area contributed by atoms with E-state index < -0.39 is 0 Å². The molecule has 0 saturated carbocycles. The Morgan fingerprint density at radius 1 is 1.09 bits per heavy atom. The predicted molar refractivity (Wildman–Crippen MR) is 144 cm³/mol. The highest BCUT2D eigenvalue weighted by Gasteiger charge is 2.29. The van der Waals surface area contributed by atoms with Crippen LogP contribution in [0.3, 0.4) is 0 Å². The smallest absolute Gasteiger partial charge is 0.191 e.